The van der Waals surface area contributed by atoms with E-state index in [-0.39, 0.29) is 11.2 Å². The number of hydrogen-bond acceptors (Lipinski definition) is 2. The zero-order valence-corrected chi connectivity index (χ0v) is 14.6. The van der Waals surface area contributed by atoms with Gasteiger partial charge < -0.3 is 9.72 Å². The Bertz CT molecular complexity index is 988. The second kappa shape index (κ2) is 6.79. The van der Waals surface area contributed by atoms with Crippen molar-refractivity contribution in [3.8, 4) is 22.6 Å². The van der Waals surface area contributed by atoms with Crippen molar-refractivity contribution in [1.82, 2.24) is 4.98 Å². The highest BCUT2D eigenvalue weighted by Gasteiger charge is 2.18. The van der Waals surface area contributed by atoms with Gasteiger partial charge in [-0.25, -0.2) is 4.39 Å². The highest BCUT2D eigenvalue weighted by atomic mass is 19.1. The van der Waals surface area contributed by atoms with E-state index in [1.807, 2.05) is 31.2 Å². The summed E-state index contributed by atoms with van der Waals surface area (Å²) in [6.45, 7) is 1.95. The molecule has 0 atom stereocenters. The molecule has 1 N–H and O–H groups in total. The van der Waals surface area contributed by atoms with Gasteiger partial charge in [-0.2, -0.15) is 0 Å². The lowest BCUT2D eigenvalue weighted by Crippen LogP contribution is -2.21. The maximum absolute atomic E-state index is 13.0. The molecule has 1 aliphatic rings. The summed E-state index contributed by atoms with van der Waals surface area (Å²) < 4.78 is 18.7. The first-order valence-electron chi connectivity index (χ1n) is 8.90. The summed E-state index contributed by atoms with van der Waals surface area (Å²) in [6.07, 6.45) is 4.01. The normalized spacial score (nSPS) is 13.3. The quantitative estimate of drug-likeness (QED) is 0.709. The SMILES string of the molecule is Cc1[nH]c2c(c(=O)c1-c1ccc(Oc3ccc(F)cc3)cc1)CCCC2. The molecular formula is C22H20FNO2. The van der Waals surface area contributed by atoms with E-state index in [9.17, 15) is 9.18 Å². The summed E-state index contributed by atoms with van der Waals surface area (Å²) in [5, 5.41) is 0. The van der Waals surface area contributed by atoms with E-state index >= 15 is 0 Å². The third-order valence-corrected chi connectivity index (χ3v) is 4.87. The number of halogens is 1. The van der Waals surface area contributed by atoms with E-state index in [0.29, 0.717) is 11.5 Å². The summed E-state index contributed by atoms with van der Waals surface area (Å²) in [4.78, 5) is 16.4. The number of benzene rings is 2. The Morgan fingerprint density at radius 2 is 1.54 bits per heavy atom. The van der Waals surface area contributed by atoms with Crippen molar-refractivity contribution in [2.24, 2.45) is 0 Å². The maximum Gasteiger partial charge on any atom is 0.193 e. The summed E-state index contributed by atoms with van der Waals surface area (Å²) in [5.41, 5.74) is 4.69. The van der Waals surface area contributed by atoms with Crippen LogP contribution >= 0.6 is 0 Å². The van der Waals surface area contributed by atoms with Gasteiger partial charge in [0.15, 0.2) is 5.43 Å². The molecule has 0 saturated carbocycles. The summed E-state index contributed by atoms with van der Waals surface area (Å²) in [6, 6.07) is 13.3. The highest BCUT2D eigenvalue weighted by Crippen LogP contribution is 2.27. The van der Waals surface area contributed by atoms with Crippen LogP contribution in [0.4, 0.5) is 4.39 Å². The van der Waals surface area contributed by atoms with E-state index in [2.05, 4.69) is 4.98 Å². The molecule has 26 heavy (non-hydrogen) atoms. The number of aryl methyl sites for hydroxylation is 2. The van der Waals surface area contributed by atoms with E-state index < -0.39 is 0 Å². The number of aromatic amines is 1. The van der Waals surface area contributed by atoms with Crippen LogP contribution < -0.4 is 10.2 Å². The van der Waals surface area contributed by atoms with Crippen molar-refractivity contribution in [3.05, 3.63) is 81.5 Å². The van der Waals surface area contributed by atoms with Crippen molar-refractivity contribution < 1.29 is 9.13 Å². The van der Waals surface area contributed by atoms with Crippen LogP contribution in [0.15, 0.2) is 53.3 Å². The lowest BCUT2D eigenvalue weighted by Gasteiger charge is -2.18. The van der Waals surface area contributed by atoms with Crippen molar-refractivity contribution in [1.29, 1.82) is 0 Å². The average molecular weight is 349 g/mol. The Morgan fingerprint density at radius 1 is 0.923 bits per heavy atom. The van der Waals surface area contributed by atoms with Crippen molar-refractivity contribution in [2.45, 2.75) is 32.6 Å². The Labute approximate surface area is 151 Å². The number of H-pyrrole nitrogens is 1. The van der Waals surface area contributed by atoms with Crippen molar-refractivity contribution in [3.63, 3.8) is 0 Å². The number of rotatable bonds is 3. The van der Waals surface area contributed by atoms with E-state index in [0.717, 1.165) is 53.8 Å². The first-order chi connectivity index (χ1) is 12.6. The first kappa shape index (κ1) is 16.6. The predicted molar refractivity (Wildman–Crippen MR) is 100 cm³/mol. The standard InChI is InChI=1S/C22H20FNO2/c1-14-21(22(25)19-4-2-3-5-20(19)24-14)15-6-10-17(11-7-15)26-18-12-8-16(23)9-13-18/h6-13H,2-5H2,1H3,(H,24,25). The molecule has 0 radical (unpaired) electrons. The second-order valence-corrected chi connectivity index (χ2v) is 6.70. The average Bonchev–Trinajstić information content (AvgIpc) is 2.65. The van der Waals surface area contributed by atoms with Gasteiger partial charge in [-0.05, 0) is 74.6 Å². The number of fused-ring (bicyclic) bond motifs is 1. The molecule has 3 aromatic rings. The smallest absolute Gasteiger partial charge is 0.193 e. The monoisotopic (exact) mass is 349 g/mol. The van der Waals surface area contributed by atoms with Crippen molar-refractivity contribution in [2.75, 3.05) is 0 Å². The fourth-order valence-electron chi connectivity index (χ4n) is 3.58. The molecule has 0 aliphatic heterocycles. The summed E-state index contributed by atoms with van der Waals surface area (Å²) >= 11 is 0. The molecule has 1 heterocycles. The third-order valence-electron chi connectivity index (χ3n) is 4.87. The zero-order valence-electron chi connectivity index (χ0n) is 14.6. The summed E-state index contributed by atoms with van der Waals surface area (Å²) in [7, 11) is 0. The first-order valence-corrected chi connectivity index (χ1v) is 8.90. The largest absolute Gasteiger partial charge is 0.457 e. The van der Waals surface area contributed by atoms with E-state index in [1.54, 1.807) is 12.1 Å². The molecule has 0 amide bonds. The Morgan fingerprint density at radius 3 is 2.23 bits per heavy atom. The number of hydrogen-bond donors (Lipinski definition) is 1. The topological polar surface area (TPSA) is 42.1 Å². The number of pyridine rings is 1. The van der Waals surface area contributed by atoms with Crippen LogP contribution in [-0.2, 0) is 12.8 Å². The molecule has 2 aromatic carbocycles. The van der Waals surface area contributed by atoms with Gasteiger partial charge in [-0.15, -0.1) is 0 Å². The van der Waals surface area contributed by atoms with Crippen LogP contribution in [0.2, 0.25) is 0 Å². The van der Waals surface area contributed by atoms with Gasteiger partial charge in [-0.1, -0.05) is 12.1 Å². The van der Waals surface area contributed by atoms with Gasteiger partial charge in [0, 0.05) is 22.5 Å². The minimum atomic E-state index is -0.296. The number of aromatic nitrogens is 1. The molecule has 1 aliphatic carbocycles. The molecule has 1 aromatic heterocycles. The van der Waals surface area contributed by atoms with Gasteiger partial charge in [0.05, 0.1) is 0 Å². The van der Waals surface area contributed by atoms with E-state index in [1.165, 1.54) is 12.1 Å². The van der Waals surface area contributed by atoms with Crippen LogP contribution in [0.25, 0.3) is 11.1 Å². The lowest BCUT2D eigenvalue weighted by molar-refractivity contribution is 0.480. The Kier molecular flexibility index (Phi) is 4.33. The van der Waals surface area contributed by atoms with Gasteiger partial charge in [0.2, 0.25) is 0 Å². The highest BCUT2D eigenvalue weighted by molar-refractivity contribution is 5.67. The fourth-order valence-corrected chi connectivity index (χ4v) is 3.58. The Hall–Kier alpha value is -2.88. The van der Waals surface area contributed by atoms with Gasteiger partial charge in [0.25, 0.3) is 0 Å². The molecule has 0 unspecified atom stereocenters. The molecule has 132 valence electrons. The van der Waals surface area contributed by atoms with Crippen LogP contribution in [0, 0.1) is 12.7 Å². The van der Waals surface area contributed by atoms with Gasteiger partial charge >= 0.3 is 0 Å². The molecule has 0 spiro atoms. The Balaban J connectivity index is 1.65. The van der Waals surface area contributed by atoms with Gasteiger partial charge in [-0.3, -0.25) is 4.79 Å². The fraction of sp³-hybridized carbons (Fsp3) is 0.227. The van der Waals surface area contributed by atoms with Crippen LogP contribution in [0.1, 0.15) is 29.8 Å². The van der Waals surface area contributed by atoms with Gasteiger partial charge in [0.1, 0.15) is 17.3 Å². The molecule has 3 nitrogen and oxygen atoms in total. The van der Waals surface area contributed by atoms with Crippen LogP contribution in [-0.4, -0.2) is 4.98 Å². The maximum atomic E-state index is 13.0. The van der Waals surface area contributed by atoms with Crippen LogP contribution in [0.5, 0.6) is 11.5 Å². The summed E-state index contributed by atoms with van der Waals surface area (Å²) in [5.74, 6) is 0.921. The van der Waals surface area contributed by atoms with Crippen molar-refractivity contribution >= 4 is 0 Å². The molecule has 4 rings (SSSR count). The third kappa shape index (κ3) is 3.15. The molecule has 0 bridgehead atoms. The molecule has 0 saturated heterocycles. The molecule has 4 heteroatoms. The predicted octanol–water partition coefficient (Wildman–Crippen LogP) is 5.16. The minimum absolute atomic E-state index is 0.142. The van der Waals surface area contributed by atoms with E-state index in [4.69, 9.17) is 4.74 Å². The lowest BCUT2D eigenvalue weighted by atomic mass is 9.91. The number of ether oxygens (including phenoxy) is 1. The second-order valence-electron chi connectivity index (χ2n) is 6.70. The zero-order chi connectivity index (χ0) is 18.1. The molecule has 0 fully saturated rings. The molecular weight excluding hydrogens is 329 g/mol. The minimum Gasteiger partial charge on any atom is -0.457 e. The number of nitrogens with one attached hydrogen (secondary N) is 1. The van der Waals surface area contributed by atoms with Crippen LogP contribution in [0.3, 0.4) is 0 Å².